The first-order valence-corrected chi connectivity index (χ1v) is 11.6. The van der Waals surface area contributed by atoms with Gasteiger partial charge in [0.25, 0.3) is 5.91 Å². The number of nitrogens with zero attached hydrogens (tertiary/aromatic N) is 3. The molecule has 7 nitrogen and oxygen atoms in total. The monoisotopic (exact) mass is 449 g/mol. The highest BCUT2D eigenvalue weighted by Crippen LogP contribution is 2.25. The van der Waals surface area contributed by atoms with Crippen molar-refractivity contribution in [2.24, 2.45) is 0 Å². The van der Waals surface area contributed by atoms with Gasteiger partial charge in [-0.25, -0.2) is 0 Å². The molecule has 0 radical (unpaired) electrons. The van der Waals surface area contributed by atoms with Crippen LogP contribution in [0.2, 0.25) is 0 Å². The predicted octanol–water partition coefficient (Wildman–Crippen LogP) is 4.92. The molecule has 0 saturated carbocycles. The number of hydrogen-bond donors (Lipinski definition) is 2. The van der Waals surface area contributed by atoms with Crippen molar-refractivity contribution in [3.05, 3.63) is 88.3 Å². The summed E-state index contributed by atoms with van der Waals surface area (Å²) in [4.78, 5) is 29.3. The van der Waals surface area contributed by atoms with E-state index in [0.29, 0.717) is 27.5 Å². The van der Waals surface area contributed by atoms with E-state index in [2.05, 4.69) is 25.1 Å². The molecular formula is C27H23N5O2. The van der Waals surface area contributed by atoms with Crippen molar-refractivity contribution < 1.29 is 4.79 Å². The molecule has 0 atom stereocenters. The number of rotatable bonds is 3. The lowest BCUT2D eigenvalue weighted by atomic mass is 10.1. The van der Waals surface area contributed by atoms with Crippen LogP contribution in [0.4, 0.5) is 5.69 Å². The Labute approximate surface area is 195 Å². The minimum absolute atomic E-state index is 0.0894. The van der Waals surface area contributed by atoms with Crippen molar-refractivity contribution >= 4 is 33.4 Å². The number of hydrogen-bond acceptors (Lipinski definition) is 4. The van der Waals surface area contributed by atoms with E-state index in [1.165, 1.54) is 6.42 Å². The van der Waals surface area contributed by atoms with E-state index in [-0.39, 0.29) is 11.3 Å². The summed E-state index contributed by atoms with van der Waals surface area (Å²) in [5, 5.41) is 12.9. The van der Waals surface area contributed by atoms with Crippen LogP contribution in [-0.2, 0) is 13.0 Å². The molecule has 168 valence electrons. The number of H-pyrrole nitrogens is 1. The average molecular weight is 450 g/mol. The number of benzene rings is 3. The van der Waals surface area contributed by atoms with Crippen LogP contribution in [0.1, 0.15) is 35.4 Å². The second-order valence-electron chi connectivity index (χ2n) is 8.70. The number of carbonyl (C=O) groups excluding carboxylic acids is 1. The SMILES string of the molecule is O=C(Nc1cccc(-c2nnc3n2CCCCC3)c1)c1ccc2[nH]c3ccccc3c(=O)c2c1. The van der Waals surface area contributed by atoms with E-state index < -0.39 is 0 Å². The van der Waals surface area contributed by atoms with E-state index in [0.717, 1.165) is 48.5 Å². The summed E-state index contributed by atoms with van der Waals surface area (Å²) in [6.07, 6.45) is 4.40. The van der Waals surface area contributed by atoms with E-state index in [1.807, 2.05) is 42.5 Å². The number of para-hydroxylation sites is 1. The number of aromatic amines is 1. The molecule has 0 saturated heterocycles. The van der Waals surface area contributed by atoms with Gasteiger partial charge in [-0.15, -0.1) is 10.2 Å². The lowest BCUT2D eigenvalue weighted by Crippen LogP contribution is -2.13. The summed E-state index contributed by atoms with van der Waals surface area (Å²) in [5.41, 5.74) is 3.40. The number of aromatic nitrogens is 4. The topological polar surface area (TPSA) is 92.7 Å². The van der Waals surface area contributed by atoms with E-state index in [9.17, 15) is 9.59 Å². The van der Waals surface area contributed by atoms with Gasteiger partial charge in [0, 0.05) is 51.6 Å². The van der Waals surface area contributed by atoms with Crippen molar-refractivity contribution in [2.45, 2.75) is 32.2 Å². The van der Waals surface area contributed by atoms with Gasteiger partial charge in [0.05, 0.1) is 0 Å². The predicted molar refractivity (Wildman–Crippen MR) is 133 cm³/mol. The van der Waals surface area contributed by atoms with Gasteiger partial charge in [0.2, 0.25) is 0 Å². The molecule has 0 spiro atoms. The molecular weight excluding hydrogens is 426 g/mol. The van der Waals surface area contributed by atoms with Crippen LogP contribution >= 0.6 is 0 Å². The van der Waals surface area contributed by atoms with Gasteiger partial charge < -0.3 is 14.9 Å². The Morgan fingerprint density at radius 2 is 1.76 bits per heavy atom. The summed E-state index contributed by atoms with van der Waals surface area (Å²) >= 11 is 0. The second-order valence-corrected chi connectivity index (χ2v) is 8.70. The first-order chi connectivity index (χ1) is 16.7. The van der Waals surface area contributed by atoms with Crippen LogP contribution in [-0.4, -0.2) is 25.7 Å². The van der Waals surface area contributed by atoms with Gasteiger partial charge in [-0.3, -0.25) is 9.59 Å². The van der Waals surface area contributed by atoms with Crippen LogP contribution in [0.15, 0.2) is 71.5 Å². The molecule has 1 aliphatic rings. The van der Waals surface area contributed by atoms with E-state index in [4.69, 9.17) is 0 Å². The summed E-state index contributed by atoms with van der Waals surface area (Å²) in [6.45, 7) is 0.911. The van der Waals surface area contributed by atoms with E-state index in [1.54, 1.807) is 24.3 Å². The smallest absolute Gasteiger partial charge is 0.255 e. The standard InChI is InChI=1S/C27H23N5O2/c33-25-20-9-3-4-10-22(20)29-23-13-12-18(16-21(23)25)27(34)28-19-8-6-7-17(15-19)26-31-30-24-11-2-1-5-14-32(24)26/h3-4,6-10,12-13,15-16H,1-2,5,11,14H2,(H,28,34)(H,29,33). The Bertz CT molecular complexity index is 1620. The van der Waals surface area contributed by atoms with Crippen LogP contribution in [0.5, 0.6) is 0 Å². The van der Waals surface area contributed by atoms with Gasteiger partial charge in [0.1, 0.15) is 5.82 Å². The number of anilines is 1. The quantitative estimate of drug-likeness (QED) is 0.383. The van der Waals surface area contributed by atoms with Gasteiger partial charge in [0.15, 0.2) is 11.3 Å². The molecule has 6 rings (SSSR count). The van der Waals surface area contributed by atoms with Crippen molar-refractivity contribution in [3.63, 3.8) is 0 Å². The molecule has 0 fully saturated rings. The minimum Gasteiger partial charge on any atom is -0.354 e. The fourth-order valence-corrected chi connectivity index (χ4v) is 4.70. The maximum Gasteiger partial charge on any atom is 0.255 e. The maximum atomic E-state index is 13.1. The zero-order valence-electron chi connectivity index (χ0n) is 18.5. The summed E-state index contributed by atoms with van der Waals surface area (Å²) in [6, 6.07) is 20.2. The third-order valence-corrected chi connectivity index (χ3v) is 6.46. The lowest BCUT2D eigenvalue weighted by Gasteiger charge is -2.10. The summed E-state index contributed by atoms with van der Waals surface area (Å²) in [7, 11) is 0. The Morgan fingerprint density at radius 3 is 2.71 bits per heavy atom. The highest BCUT2D eigenvalue weighted by molar-refractivity contribution is 6.07. The Hall–Kier alpha value is -4.26. The zero-order valence-corrected chi connectivity index (χ0v) is 18.5. The lowest BCUT2D eigenvalue weighted by molar-refractivity contribution is 0.102. The van der Waals surface area contributed by atoms with Gasteiger partial charge in [-0.1, -0.05) is 30.7 Å². The maximum absolute atomic E-state index is 13.1. The molecule has 1 aliphatic heterocycles. The molecule has 5 aromatic rings. The van der Waals surface area contributed by atoms with Crippen molar-refractivity contribution in [1.29, 1.82) is 0 Å². The van der Waals surface area contributed by atoms with Gasteiger partial charge in [-0.2, -0.15) is 0 Å². The normalized spacial score (nSPS) is 13.5. The number of fused-ring (bicyclic) bond motifs is 3. The summed E-state index contributed by atoms with van der Waals surface area (Å²) < 4.78 is 2.19. The summed E-state index contributed by atoms with van der Waals surface area (Å²) in [5.74, 6) is 1.58. The molecule has 0 bridgehead atoms. The number of pyridine rings is 1. The molecule has 34 heavy (non-hydrogen) atoms. The van der Waals surface area contributed by atoms with Crippen molar-refractivity contribution in [2.75, 3.05) is 5.32 Å². The van der Waals surface area contributed by atoms with Crippen LogP contribution in [0.3, 0.4) is 0 Å². The Morgan fingerprint density at radius 1 is 0.882 bits per heavy atom. The van der Waals surface area contributed by atoms with Crippen LogP contribution in [0.25, 0.3) is 33.2 Å². The van der Waals surface area contributed by atoms with Crippen molar-refractivity contribution in [3.8, 4) is 11.4 Å². The van der Waals surface area contributed by atoms with Gasteiger partial charge in [-0.05, 0) is 55.3 Å². The Kier molecular flexibility index (Phi) is 4.95. The van der Waals surface area contributed by atoms with E-state index >= 15 is 0 Å². The molecule has 0 unspecified atom stereocenters. The van der Waals surface area contributed by atoms with Crippen molar-refractivity contribution in [1.82, 2.24) is 19.7 Å². The minimum atomic E-state index is -0.272. The largest absolute Gasteiger partial charge is 0.354 e. The molecule has 1 amide bonds. The highest BCUT2D eigenvalue weighted by atomic mass is 16.1. The zero-order chi connectivity index (χ0) is 23.1. The average Bonchev–Trinajstić information content (AvgIpc) is 3.12. The van der Waals surface area contributed by atoms with Gasteiger partial charge >= 0.3 is 0 Å². The fraction of sp³-hybridized carbons (Fsp3) is 0.185. The van der Waals surface area contributed by atoms with Crippen LogP contribution < -0.4 is 10.7 Å². The number of nitrogens with one attached hydrogen (secondary N) is 2. The Balaban J connectivity index is 1.31. The molecule has 3 aromatic carbocycles. The van der Waals surface area contributed by atoms with Crippen LogP contribution in [0, 0.1) is 0 Å². The third-order valence-electron chi connectivity index (χ3n) is 6.46. The second kappa shape index (κ2) is 8.26. The third kappa shape index (κ3) is 3.55. The molecule has 0 aliphatic carbocycles. The number of amides is 1. The molecule has 2 N–H and O–H groups in total. The highest BCUT2D eigenvalue weighted by Gasteiger charge is 2.17. The fourth-order valence-electron chi connectivity index (χ4n) is 4.70. The molecule has 2 aromatic heterocycles. The number of carbonyl (C=O) groups is 1. The molecule has 3 heterocycles. The first kappa shape index (κ1) is 20.4. The molecule has 7 heteroatoms. The number of aryl methyl sites for hydroxylation is 1. The first-order valence-electron chi connectivity index (χ1n) is 11.6.